The van der Waals surface area contributed by atoms with Crippen molar-refractivity contribution in [1.29, 1.82) is 0 Å². The second-order valence-corrected chi connectivity index (χ2v) is 4.02. The lowest BCUT2D eigenvalue weighted by Gasteiger charge is -2.14. The van der Waals surface area contributed by atoms with Crippen LogP contribution >= 0.6 is 0 Å². The summed E-state index contributed by atoms with van der Waals surface area (Å²) in [6.45, 7) is 1.85. The fourth-order valence-corrected chi connectivity index (χ4v) is 1.58. The van der Waals surface area contributed by atoms with Gasteiger partial charge in [-0.05, 0) is 24.6 Å². The van der Waals surface area contributed by atoms with Gasteiger partial charge in [-0.3, -0.25) is 4.79 Å². The monoisotopic (exact) mass is 266 g/mol. The molecule has 0 saturated heterocycles. The van der Waals surface area contributed by atoms with E-state index >= 15 is 0 Å². The highest BCUT2D eigenvalue weighted by atomic mass is 16.5. The van der Waals surface area contributed by atoms with E-state index in [0.717, 1.165) is 0 Å². The highest BCUT2D eigenvalue weighted by Gasteiger charge is 2.16. The van der Waals surface area contributed by atoms with E-state index in [0.29, 0.717) is 16.8 Å². The number of hydrogen-bond donors (Lipinski definition) is 2. The Balaban J connectivity index is 2.90. The maximum atomic E-state index is 11.8. The number of hydrogen-bond acceptors (Lipinski definition) is 5. The molecule has 0 radical (unpaired) electrons. The lowest BCUT2D eigenvalue weighted by molar-refractivity contribution is -0.118. The van der Waals surface area contributed by atoms with Crippen molar-refractivity contribution in [2.75, 3.05) is 26.1 Å². The molecular formula is C13H18N2O4. The van der Waals surface area contributed by atoms with Gasteiger partial charge >= 0.3 is 5.97 Å². The molecule has 1 rings (SSSR count). The zero-order valence-electron chi connectivity index (χ0n) is 11.2. The molecule has 0 spiro atoms. The predicted molar refractivity (Wildman–Crippen MR) is 71.0 cm³/mol. The number of ether oxygens (including phenoxy) is 2. The van der Waals surface area contributed by atoms with Crippen molar-refractivity contribution in [3.8, 4) is 0 Å². The molecule has 0 aliphatic heterocycles. The van der Waals surface area contributed by atoms with Gasteiger partial charge in [-0.1, -0.05) is 6.07 Å². The minimum atomic E-state index is -0.758. The topological polar surface area (TPSA) is 90.6 Å². The number of carbonyl (C=O) groups is 2. The quantitative estimate of drug-likeness (QED) is 0.765. The summed E-state index contributed by atoms with van der Waals surface area (Å²) in [7, 11) is 2.78. The first-order valence-electron chi connectivity index (χ1n) is 5.74. The van der Waals surface area contributed by atoms with Crippen LogP contribution in [0.4, 0.5) is 5.69 Å². The number of methoxy groups -OCH3 is 2. The van der Waals surface area contributed by atoms with Crippen LogP contribution in [0.2, 0.25) is 0 Å². The number of rotatable bonds is 5. The molecule has 1 aromatic carbocycles. The van der Waals surface area contributed by atoms with Crippen LogP contribution in [0.1, 0.15) is 15.9 Å². The third-order valence-corrected chi connectivity index (χ3v) is 2.68. The van der Waals surface area contributed by atoms with Gasteiger partial charge in [0.15, 0.2) is 0 Å². The number of benzene rings is 1. The van der Waals surface area contributed by atoms with Gasteiger partial charge in [-0.2, -0.15) is 0 Å². The molecule has 0 saturated carbocycles. The normalized spacial score (nSPS) is 11.8. The fourth-order valence-electron chi connectivity index (χ4n) is 1.58. The third-order valence-electron chi connectivity index (χ3n) is 2.68. The minimum Gasteiger partial charge on any atom is -0.465 e. The first kappa shape index (κ1) is 15.1. The molecule has 0 bridgehead atoms. The first-order valence-corrected chi connectivity index (χ1v) is 5.74. The molecule has 104 valence electrons. The van der Waals surface area contributed by atoms with Gasteiger partial charge in [-0.15, -0.1) is 0 Å². The maximum Gasteiger partial charge on any atom is 0.338 e. The van der Waals surface area contributed by atoms with E-state index < -0.39 is 12.0 Å². The van der Waals surface area contributed by atoms with E-state index in [-0.39, 0.29) is 12.5 Å². The molecular weight excluding hydrogens is 248 g/mol. The molecule has 0 aliphatic rings. The van der Waals surface area contributed by atoms with Crippen LogP contribution in [0.15, 0.2) is 18.2 Å². The molecule has 0 aliphatic carbocycles. The molecule has 0 aromatic heterocycles. The second-order valence-electron chi connectivity index (χ2n) is 4.02. The molecule has 19 heavy (non-hydrogen) atoms. The van der Waals surface area contributed by atoms with Crippen molar-refractivity contribution in [3.63, 3.8) is 0 Å². The second kappa shape index (κ2) is 6.86. The molecule has 6 nitrogen and oxygen atoms in total. The third kappa shape index (κ3) is 3.77. The summed E-state index contributed by atoms with van der Waals surface area (Å²) in [6.07, 6.45) is 0. The number of esters is 1. The fraction of sp³-hybridized carbons (Fsp3) is 0.385. The highest BCUT2D eigenvalue weighted by Crippen LogP contribution is 2.19. The maximum absolute atomic E-state index is 11.8. The standard InChI is InChI=1S/C13H18N2O4/c1-8-9(13(17)19-3)5-4-6-11(8)15-12(16)10(14)7-18-2/h4-6,10H,7,14H2,1-3H3,(H,15,16). The first-order chi connectivity index (χ1) is 9.01. The van der Waals surface area contributed by atoms with Crippen molar-refractivity contribution in [1.82, 2.24) is 0 Å². The van der Waals surface area contributed by atoms with Crippen LogP contribution in [0.5, 0.6) is 0 Å². The van der Waals surface area contributed by atoms with Gasteiger partial charge in [0.1, 0.15) is 6.04 Å². The summed E-state index contributed by atoms with van der Waals surface area (Å²) in [6, 6.07) is 4.23. The smallest absolute Gasteiger partial charge is 0.338 e. The van der Waals surface area contributed by atoms with E-state index in [1.807, 2.05) is 0 Å². The highest BCUT2D eigenvalue weighted by molar-refractivity contribution is 5.98. The molecule has 1 amide bonds. The largest absolute Gasteiger partial charge is 0.465 e. The summed E-state index contributed by atoms with van der Waals surface area (Å²) >= 11 is 0. The summed E-state index contributed by atoms with van der Waals surface area (Å²) in [5.74, 6) is -0.818. The van der Waals surface area contributed by atoms with Gasteiger partial charge in [0.25, 0.3) is 0 Å². The molecule has 6 heteroatoms. The predicted octanol–water partition coefficient (Wildman–Crippen LogP) is 0.694. The lowest BCUT2D eigenvalue weighted by Crippen LogP contribution is -2.39. The Morgan fingerprint density at radius 1 is 1.37 bits per heavy atom. The van der Waals surface area contributed by atoms with Gasteiger partial charge in [0.05, 0.1) is 19.3 Å². The Morgan fingerprint density at radius 3 is 2.63 bits per heavy atom. The molecule has 1 unspecified atom stereocenters. The number of amides is 1. The summed E-state index contributed by atoms with van der Waals surface area (Å²) < 4.78 is 9.48. The molecule has 3 N–H and O–H groups in total. The van der Waals surface area contributed by atoms with Gasteiger partial charge in [-0.25, -0.2) is 4.79 Å². The molecule has 1 atom stereocenters. The SMILES string of the molecule is COCC(N)C(=O)Nc1cccc(C(=O)OC)c1C. The molecule has 1 aromatic rings. The van der Waals surface area contributed by atoms with Crippen LogP contribution in [0, 0.1) is 6.92 Å². The Hall–Kier alpha value is -1.92. The summed E-state index contributed by atoms with van der Waals surface area (Å²) in [5.41, 5.74) is 7.18. The Bertz CT molecular complexity index is 474. The van der Waals surface area contributed by atoms with Crippen molar-refractivity contribution in [2.45, 2.75) is 13.0 Å². The van der Waals surface area contributed by atoms with Crippen molar-refractivity contribution in [2.24, 2.45) is 5.73 Å². The van der Waals surface area contributed by atoms with Crippen LogP contribution in [0.25, 0.3) is 0 Å². The van der Waals surface area contributed by atoms with Gasteiger partial charge in [0, 0.05) is 12.8 Å². The lowest BCUT2D eigenvalue weighted by atomic mass is 10.1. The molecule has 0 fully saturated rings. The molecule has 0 heterocycles. The van der Waals surface area contributed by atoms with Crippen LogP contribution in [0.3, 0.4) is 0 Å². The van der Waals surface area contributed by atoms with Gasteiger partial charge in [0.2, 0.25) is 5.91 Å². The van der Waals surface area contributed by atoms with E-state index in [1.165, 1.54) is 14.2 Å². The van der Waals surface area contributed by atoms with Crippen LogP contribution in [-0.2, 0) is 14.3 Å². The van der Waals surface area contributed by atoms with Gasteiger partial charge < -0.3 is 20.5 Å². The number of carbonyl (C=O) groups excluding carboxylic acids is 2. The number of nitrogens with one attached hydrogen (secondary N) is 1. The van der Waals surface area contributed by atoms with Crippen molar-refractivity contribution in [3.05, 3.63) is 29.3 Å². The van der Waals surface area contributed by atoms with Crippen LogP contribution in [-0.4, -0.2) is 38.7 Å². The number of nitrogens with two attached hydrogens (primary N) is 1. The minimum absolute atomic E-state index is 0.127. The Morgan fingerprint density at radius 2 is 2.05 bits per heavy atom. The Labute approximate surface area is 111 Å². The average Bonchev–Trinajstić information content (AvgIpc) is 2.40. The van der Waals surface area contributed by atoms with Crippen LogP contribution < -0.4 is 11.1 Å². The average molecular weight is 266 g/mol. The van der Waals surface area contributed by atoms with E-state index in [4.69, 9.17) is 10.5 Å². The summed E-state index contributed by atoms with van der Waals surface area (Å²) in [5, 5.41) is 2.66. The van der Waals surface area contributed by atoms with Crippen molar-refractivity contribution >= 4 is 17.6 Å². The van der Waals surface area contributed by atoms with E-state index in [2.05, 4.69) is 10.1 Å². The zero-order valence-corrected chi connectivity index (χ0v) is 11.2. The number of anilines is 1. The summed E-state index contributed by atoms with van der Waals surface area (Å²) in [4.78, 5) is 23.3. The van der Waals surface area contributed by atoms with E-state index in [1.54, 1.807) is 25.1 Å². The van der Waals surface area contributed by atoms with Crippen molar-refractivity contribution < 1.29 is 19.1 Å². The Kier molecular flexibility index (Phi) is 5.47. The van der Waals surface area contributed by atoms with E-state index in [9.17, 15) is 9.59 Å². The zero-order chi connectivity index (χ0) is 14.4.